The molecule has 1 aliphatic heterocycles. The molecule has 1 atom stereocenters. The van der Waals surface area contributed by atoms with Gasteiger partial charge in [-0.1, -0.05) is 57.9 Å². The topological polar surface area (TPSA) is 70.7 Å². The second-order valence-corrected chi connectivity index (χ2v) is 8.01. The van der Waals surface area contributed by atoms with Crippen LogP contribution in [-0.2, 0) is 4.79 Å². The second-order valence-electron chi connectivity index (χ2n) is 6.65. The zero-order valence-corrected chi connectivity index (χ0v) is 17.7. The summed E-state index contributed by atoms with van der Waals surface area (Å²) in [7, 11) is 0. The van der Waals surface area contributed by atoms with E-state index in [1.165, 1.54) is 0 Å². The van der Waals surface area contributed by atoms with Crippen molar-refractivity contribution in [2.45, 2.75) is 6.04 Å². The number of amides is 1. The van der Waals surface area contributed by atoms with Gasteiger partial charge in [-0.15, -0.1) is 0 Å². The fourth-order valence-electron chi connectivity index (χ4n) is 3.51. The summed E-state index contributed by atoms with van der Waals surface area (Å²) in [6.45, 7) is 0.0590. The van der Waals surface area contributed by atoms with E-state index in [4.69, 9.17) is 22.4 Å². The van der Waals surface area contributed by atoms with Crippen LogP contribution in [0.4, 0.5) is 5.69 Å². The summed E-state index contributed by atoms with van der Waals surface area (Å²) in [6, 6.07) is 23.3. The summed E-state index contributed by atoms with van der Waals surface area (Å²) in [6.07, 6.45) is 0. The van der Waals surface area contributed by atoms with Crippen LogP contribution >= 0.6 is 27.5 Å². The highest BCUT2D eigenvalue weighted by atomic mass is 79.9. The minimum Gasteiger partial charge on any atom is -0.336 e. The smallest absolute Gasteiger partial charge is 0.253 e. The van der Waals surface area contributed by atoms with E-state index < -0.39 is 0 Å². The Bertz CT molecular complexity index is 1070. The fourth-order valence-corrected chi connectivity index (χ4v) is 4.01. The number of fused-ring (bicyclic) bond motifs is 1. The van der Waals surface area contributed by atoms with Gasteiger partial charge in [0.05, 0.1) is 11.7 Å². The predicted octanol–water partition coefficient (Wildman–Crippen LogP) is 4.58. The van der Waals surface area contributed by atoms with Crippen LogP contribution in [0.5, 0.6) is 0 Å². The molecule has 0 radical (unpaired) electrons. The Hall–Kier alpha value is -2.67. The Labute approximate surface area is 182 Å². The van der Waals surface area contributed by atoms with E-state index in [0.29, 0.717) is 10.9 Å². The lowest BCUT2D eigenvalue weighted by Gasteiger charge is -2.38. The van der Waals surface area contributed by atoms with Crippen LogP contribution in [0.2, 0.25) is 5.02 Å². The largest absolute Gasteiger partial charge is 0.336 e. The normalized spacial score (nSPS) is 15.5. The Kier molecular flexibility index (Phi) is 5.67. The molecule has 1 unspecified atom stereocenters. The van der Waals surface area contributed by atoms with Gasteiger partial charge < -0.3 is 4.90 Å². The standard InChI is InChI=1S/C22H18BrClN4O/c23-16-8-11-19-18(12-16)21(14-4-2-1-3-5-14)28(13-20(29)27-25)22(26-19)15-6-9-17(24)10-7-15/h1-12,21H,13,25H2,(H,27,29). The maximum absolute atomic E-state index is 12.3. The van der Waals surface area contributed by atoms with Crippen LogP contribution < -0.4 is 11.3 Å². The summed E-state index contributed by atoms with van der Waals surface area (Å²) in [4.78, 5) is 19.2. The minimum atomic E-state index is -0.300. The third-order valence-corrected chi connectivity index (χ3v) is 5.53. The van der Waals surface area contributed by atoms with Crippen LogP contribution in [0.25, 0.3) is 0 Å². The van der Waals surface area contributed by atoms with Gasteiger partial charge in [-0.2, -0.15) is 0 Å². The maximum Gasteiger partial charge on any atom is 0.253 e. The number of nitrogens with one attached hydrogen (secondary N) is 1. The quantitative estimate of drug-likeness (QED) is 0.334. The zero-order valence-electron chi connectivity index (χ0n) is 15.3. The van der Waals surface area contributed by atoms with Gasteiger partial charge in [-0.05, 0) is 48.0 Å². The van der Waals surface area contributed by atoms with Gasteiger partial charge in [0.25, 0.3) is 5.91 Å². The molecule has 0 fully saturated rings. The van der Waals surface area contributed by atoms with Crippen molar-refractivity contribution in [1.29, 1.82) is 0 Å². The Morgan fingerprint density at radius 2 is 1.83 bits per heavy atom. The van der Waals surface area contributed by atoms with Crippen LogP contribution in [0.3, 0.4) is 0 Å². The van der Waals surface area contributed by atoms with E-state index in [2.05, 4.69) is 21.4 Å². The van der Waals surface area contributed by atoms with Gasteiger partial charge in [0, 0.05) is 20.6 Å². The van der Waals surface area contributed by atoms with Crippen molar-refractivity contribution in [3.63, 3.8) is 0 Å². The molecule has 3 aromatic carbocycles. The molecule has 0 aliphatic carbocycles. The van der Waals surface area contributed by atoms with Crippen molar-refractivity contribution < 1.29 is 4.79 Å². The van der Waals surface area contributed by atoms with Gasteiger partial charge >= 0.3 is 0 Å². The number of amidine groups is 1. The van der Waals surface area contributed by atoms with Crippen molar-refractivity contribution in [1.82, 2.24) is 10.3 Å². The SMILES string of the molecule is NNC(=O)CN1C(c2ccc(Cl)cc2)=Nc2ccc(Br)cc2C1c1ccccc1. The average Bonchev–Trinajstić information content (AvgIpc) is 2.74. The molecular formula is C22H18BrClN4O. The molecule has 0 spiro atoms. The molecule has 3 N–H and O–H groups in total. The molecule has 1 amide bonds. The lowest BCUT2D eigenvalue weighted by Crippen LogP contribution is -2.46. The van der Waals surface area contributed by atoms with Gasteiger partial charge in [0.2, 0.25) is 0 Å². The van der Waals surface area contributed by atoms with E-state index in [-0.39, 0.29) is 18.5 Å². The average molecular weight is 470 g/mol. The van der Waals surface area contributed by atoms with Gasteiger partial charge in [0.1, 0.15) is 12.4 Å². The van der Waals surface area contributed by atoms with Crippen molar-refractivity contribution >= 4 is 45.0 Å². The first-order chi connectivity index (χ1) is 14.1. The summed E-state index contributed by atoms with van der Waals surface area (Å²) < 4.78 is 0.950. The summed E-state index contributed by atoms with van der Waals surface area (Å²) in [5.41, 5.74) is 6.02. The van der Waals surface area contributed by atoms with Crippen molar-refractivity contribution in [2.75, 3.05) is 6.54 Å². The van der Waals surface area contributed by atoms with Crippen molar-refractivity contribution in [3.8, 4) is 0 Å². The number of halogens is 2. The molecule has 146 valence electrons. The molecule has 1 heterocycles. The Balaban J connectivity index is 1.94. The summed E-state index contributed by atoms with van der Waals surface area (Å²) >= 11 is 9.64. The van der Waals surface area contributed by atoms with E-state index in [1.54, 1.807) is 0 Å². The first kappa shape index (κ1) is 19.6. The molecule has 0 saturated heterocycles. The first-order valence-corrected chi connectivity index (χ1v) is 10.2. The van der Waals surface area contributed by atoms with Crippen molar-refractivity contribution in [2.24, 2.45) is 10.8 Å². The second kappa shape index (κ2) is 8.37. The molecule has 0 bridgehead atoms. The van der Waals surface area contributed by atoms with E-state index in [0.717, 1.165) is 26.9 Å². The predicted molar refractivity (Wildman–Crippen MR) is 119 cm³/mol. The molecule has 1 aliphatic rings. The first-order valence-electron chi connectivity index (χ1n) is 9.02. The highest BCUT2D eigenvalue weighted by Gasteiger charge is 2.33. The van der Waals surface area contributed by atoms with Gasteiger partial charge in [0.15, 0.2) is 0 Å². The highest BCUT2D eigenvalue weighted by molar-refractivity contribution is 9.10. The fraction of sp³-hybridized carbons (Fsp3) is 0.0909. The zero-order chi connectivity index (χ0) is 20.4. The lowest BCUT2D eigenvalue weighted by molar-refractivity contribution is -0.121. The number of nitrogens with zero attached hydrogens (tertiary/aromatic N) is 2. The Morgan fingerprint density at radius 3 is 2.52 bits per heavy atom. The molecule has 29 heavy (non-hydrogen) atoms. The van der Waals surface area contributed by atoms with Crippen LogP contribution in [0.15, 0.2) is 82.3 Å². The minimum absolute atomic E-state index is 0.0590. The summed E-state index contributed by atoms with van der Waals surface area (Å²) in [5.74, 6) is 5.79. The monoisotopic (exact) mass is 468 g/mol. The number of aliphatic imine (C=N–C) groups is 1. The van der Waals surface area contributed by atoms with E-state index >= 15 is 0 Å². The third kappa shape index (κ3) is 4.05. The van der Waals surface area contributed by atoms with Gasteiger partial charge in [-0.25, -0.2) is 10.8 Å². The van der Waals surface area contributed by atoms with E-state index in [1.807, 2.05) is 77.7 Å². The number of carbonyl (C=O) groups is 1. The van der Waals surface area contributed by atoms with Crippen LogP contribution in [0, 0.1) is 0 Å². The summed E-state index contributed by atoms with van der Waals surface area (Å²) in [5, 5.41) is 0.639. The number of hydrogen-bond donors (Lipinski definition) is 2. The lowest BCUT2D eigenvalue weighted by atomic mass is 9.93. The van der Waals surface area contributed by atoms with Crippen LogP contribution in [-0.4, -0.2) is 23.2 Å². The maximum atomic E-state index is 12.3. The van der Waals surface area contributed by atoms with Crippen LogP contribution in [0.1, 0.15) is 22.7 Å². The molecule has 3 aromatic rings. The number of benzene rings is 3. The molecule has 7 heteroatoms. The number of rotatable bonds is 4. The number of hydrazine groups is 1. The number of hydrogen-bond acceptors (Lipinski definition) is 4. The van der Waals surface area contributed by atoms with E-state index in [9.17, 15) is 4.79 Å². The molecule has 0 aromatic heterocycles. The molecule has 5 nitrogen and oxygen atoms in total. The Morgan fingerprint density at radius 1 is 1.10 bits per heavy atom. The number of nitrogens with two attached hydrogens (primary N) is 1. The molecule has 0 saturated carbocycles. The number of carbonyl (C=O) groups excluding carboxylic acids is 1. The third-order valence-electron chi connectivity index (χ3n) is 4.79. The molecular weight excluding hydrogens is 452 g/mol. The highest BCUT2D eigenvalue weighted by Crippen LogP contribution is 2.41. The van der Waals surface area contributed by atoms with Gasteiger partial charge in [-0.3, -0.25) is 10.2 Å². The van der Waals surface area contributed by atoms with Crippen molar-refractivity contribution in [3.05, 3.63) is 99.0 Å². The molecule has 4 rings (SSSR count).